The van der Waals surface area contributed by atoms with Gasteiger partial charge in [-0.25, -0.2) is 5.01 Å². The van der Waals surface area contributed by atoms with E-state index in [0.29, 0.717) is 19.0 Å². The molecular formula is C19H30N4O. The number of rotatable bonds is 8. The standard InChI is InChI=1S/C19H30N4O/c1-14(2)21-11-5-4-6-12-23-18(24)13-15(3)19(22-23)16-7-9-17(20)10-8-16/h7-10,14-15,21H,4-6,11-13,20H2,1-3H3. The van der Waals surface area contributed by atoms with Crippen molar-refractivity contribution in [1.29, 1.82) is 0 Å². The maximum absolute atomic E-state index is 12.2. The van der Waals surface area contributed by atoms with E-state index in [0.717, 1.165) is 42.8 Å². The third-order valence-corrected chi connectivity index (χ3v) is 4.27. The molecule has 1 aliphatic heterocycles. The van der Waals surface area contributed by atoms with Crippen LogP contribution in [0.15, 0.2) is 29.4 Å². The van der Waals surface area contributed by atoms with E-state index >= 15 is 0 Å². The molecule has 1 aromatic carbocycles. The Morgan fingerprint density at radius 2 is 1.96 bits per heavy atom. The molecule has 1 aliphatic rings. The van der Waals surface area contributed by atoms with Gasteiger partial charge in [0.2, 0.25) is 5.91 Å². The van der Waals surface area contributed by atoms with E-state index in [9.17, 15) is 4.79 Å². The molecule has 132 valence electrons. The van der Waals surface area contributed by atoms with Gasteiger partial charge in [-0.2, -0.15) is 5.10 Å². The van der Waals surface area contributed by atoms with Crippen molar-refractivity contribution in [2.75, 3.05) is 18.8 Å². The number of unbranched alkanes of at least 4 members (excludes halogenated alkanes) is 2. The molecule has 0 spiro atoms. The Hall–Kier alpha value is -1.88. The topological polar surface area (TPSA) is 70.7 Å². The second-order valence-electron chi connectivity index (χ2n) is 6.90. The molecule has 1 atom stereocenters. The van der Waals surface area contributed by atoms with Crippen LogP contribution in [0, 0.1) is 5.92 Å². The largest absolute Gasteiger partial charge is 0.399 e. The van der Waals surface area contributed by atoms with Gasteiger partial charge in [0.1, 0.15) is 0 Å². The highest BCUT2D eigenvalue weighted by Crippen LogP contribution is 2.21. The molecule has 0 aliphatic carbocycles. The quantitative estimate of drug-likeness (QED) is 0.568. The lowest BCUT2D eigenvalue weighted by molar-refractivity contribution is -0.132. The van der Waals surface area contributed by atoms with E-state index in [1.54, 1.807) is 5.01 Å². The van der Waals surface area contributed by atoms with Crippen LogP contribution in [-0.2, 0) is 4.79 Å². The number of benzene rings is 1. The summed E-state index contributed by atoms with van der Waals surface area (Å²) in [5.41, 5.74) is 8.53. The summed E-state index contributed by atoms with van der Waals surface area (Å²) in [4.78, 5) is 12.2. The van der Waals surface area contributed by atoms with Crippen LogP contribution in [0.4, 0.5) is 5.69 Å². The number of carbonyl (C=O) groups is 1. The Morgan fingerprint density at radius 3 is 2.62 bits per heavy atom. The third kappa shape index (κ3) is 5.34. The van der Waals surface area contributed by atoms with Crippen molar-refractivity contribution < 1.29 is 4.79 Å². The maximum atomic E-state index is 12.2. The summed E-state index contributed by atoms with van der Waals surface area (Å²) in [5.74, 6) is 0.273. The van der Waals surface area contributed by atoms with Crippen LogP contribution < -0.4 is 11.1 Å². The van der Waals surface area contributed by atoms with Crippen molar-refractivity contribution in [1.82, 2.24) is 10.3 Å². The summed E-state index contributed by atoms with van der Waals surface area (Å²) in [6.45, 7) is 8.10. The number of amides is 1. The first-order valence-electron chi connectivity index (χ1n) is 8.95. The molecule has 0 saturated heterocycles. The fourth-order valence-electron chi connectivity index (χ4n) is 2.87. The van der Waals surface area contributed by atoms with Gasteiger partial charge in [-0.15, -0.1) is 0 Å². The van der Waals surface area contributed by atoms with Crippen molar-refractivity contribution in [2.24, 2.45) is 11.0 Å². The van der Waals surface area contributed by atoms with Gasteiger partial charge in [0, 0.05) is 30.6 Å². The van der Waals surface area contributed by atoms with E-state index in [1.807, 2.05) is 24.3 Å². The Morgan fingerprint density at radius 1 is 1.25 bits per heavy atom. The van der Waals surface area contributed by atoms with Crippen LogP contribution in [0.1, 0.15) is 52.0 Å². The highest BCUT2D eigenvalue weighted by atomic mass is 16.2. The lowest BCUT2D eigenvalue weighted by Crippen LogP contribution is -2.36. The SMILES string of the molecule is CC(C)NCCCCCN1N=C(c2ccc(N)cc2)C(C)CC1=O. The van der Waals surface area contributed by atoms with Crippen molar-refractivity contribution in [3.05, 3.63) is 29.8 Å². The van der Waals surface area contributed by atoms with Crippen LogP contribution in [0.25, 0.3) is 0 Å². The number of nitrogens with one attached hydrogen (secondary N) is 1. The number of nitrogen functional groups attached to an aromatic ring is 1. The van der Waals surface area contributed by atoms with Crippen molar-refractivity contribution in [3.63, 3.8) is 0 Å². The lowest BCUT2D eigenvalue weighted by atomic mass is 9.93. The second-order valence-corrected chi connectivity index (χ2v) is 6.90. The predicted octanol–water partition coefficient (Wildman–Crippen LogP) is 3.01. The number of hydrogen-bond donors (Lipinski definition) is 2. The molecule has 1 heterocycles. The molecule has 2 rings (SSSR count). The van der Waals surface area contributed by atoms with E-state index in [-0.39, 0.29) is 11.8 Å². The highest BCUT2D eigenvalue weighted by molar-refractivity contribution is 6.05. The number of nitrogens with two attached hydrogens (primary N) is 1. The average Bonchev–Trinajstić information content (AvgIpc) is 2.53. The second kappa shape index (κ2) is 8.83. The first kappa shape index (κ1) is 18.5. The molecular weight excluding hydrogens is 300 g/mol. The molecule has 0 fully saturated rings. The monoisotopic (exact) mass is 330 g/mol. The Labute approximate surface area is 145 Å². The molecule has 5 nitrogen and oxygen atoms in total. The van der Waals surface area contributed by atoms with Gasteiger partial charge in [0.05, 0.1) is 5.71 Å². The minimum Gasteiger partial charge on any atom is -0.399 e. The summed E-state index contributed by atoms with van der Waals surface area (Å²) in [5, 5.41) is 9.70. The molecule has 5 heteroatoms. The van der Waals surface area contributed by atoms with Crippen molar-refractivity contribution in [2.45, 2.75) is 52.5 Å². The molecule has 1 unspecified atom stereocenters. The van der Waals surface area contributed by atoms with E-state index in [2.05, 4.69) is 31.2 Å². The lowest BCUT2D eigenvalue weighted by Gasteiger charge is -2.27. The number of hydrazone groups is 1. The summed E-state index contributed by atoms with van der Waals surface area (Å²) in [7, 11) is 0. The third-order valence-electron chi connectivity index (χ3n) is 4.27. The van der Waals surface area contributed by atoms with Gasteiger partial charge in [0.25, 0.3) is 0 Å². The molecule has 0 saturated carbocycles. The highest BCUT2D eigenvalue weighted by Gasteiger charge is 2.26. The van der Waals surface area contributed by atoms with E-state index in [1.165, 1.54) is 0 Å². The zero-order valence-corrected chi connectivity index (χ0v) is 15.1. The summed E-state index contributed by atoms with van der Waals surface area (Å²) >= 11 is 0. The zero-order chi connectivity index (χ0) is 17.5. The first-order valence-corrected chi connectivity index (χ1v) is 8.95. The van der Waals surface area contributed by atoms with Gasteiger partial charge in [-0.3, -0.25) is 4.79 Å². The van der Waals surface area contributed by atoms with Gasteiger partial charge >= 0.3 is 0 Å². The smallest absolute Gasteiger partial charge is 0.243 e. The normalized spacial score (nSPS) is 18.2. The minimum atomic E-state index is 0.127. The minimum absolute atomic E-state index is 0.127. The van der Waals surface area contributed by atoms with Crippen LogP contribution in [-0.4, -0.2) is 35.8 Å². The van der Waals surface area contributed by atoms with Crippen LogP contribution in [0.5, 0.6) is 0 Å². The molecule has 24 heavy (non-hydrogen) atoms. The van der Waals surface area contributed by atoms with Gasteiger partial charge in [-0.05, 0) is 37.1 Å². The molecule has 0 radical (unpaired) electrons. The summed E-state index contributed by atoms with van der Waals surface area (Å²) in [6.07, 6.45) is 3.74. The van der Waals surface area contributed by atoms with Crippen molar-refractivity contribution >= 4 is 17.3 Å². The number of hydrogen-bond acceptors (Lipinski definition) is 4. The molecule has 0 aromatic heterocycles. The van der Waals surface area contributed by atoms with Crippen molar-refractivity contribution in [3.8, 4) is 0 Å². The molecule has 0 bridgehead atoms. The Kier molecular flexibility index (Phi) is 6.79. The predicted molar refractivity (Wildman–Crippen MR) is 99.9 cm³/mol. The Balaban J connectivity index is 1.91. The van der Waals surface area contributed by atoms with Gasteiger partial charge in [0.15, 0.2) is 0 Å². The first-order chi connectivity index (χ1) is 11.5. The van der Waals surface area contributed by atoms with Gasteiger partial charge in [-0.1, -0.05) is 39.3 Å². The fraction of sp³-hybridized carbons (Fsp3) is 0.579. The zero-order valence-electron chi connectivity index (χ0n) is 15.1. The fourth-order valence-corrected chi connectivity index (χ4v) is 2.87. The molecule has 1 aromatic rings. The number of anilines is 1. The van der Waals surface area contributed by atoms with Crippen LogP contribution >= 0.6 is 0 Å². The molecule has 1 amide bonds. The van der Waals surface area contributed by atoms with Gasteiger partial charge < -0.3 is 11.1 Å². The van der Waals surface area contributed by atoms with E-state index < -0.39 is 0 Å². The summed E-state index contributed by atoms with van der Waals surface area (Å²) in [6, 6.07) is 8.26. The molecule has 3 N–H and O–H groups in total. The van der Waals surface area contributed by atoms with E-state index in [4.69, 9.17) is 5.73 Å². The summed E-state index contributed by atoms with van der Waals surface area (Å²) < 4.78 is 0. The Bertz CT molecular complexity index is 565. The number of carbonyl (C=O) groups excluding carboxylic acids is 1. The average molecular weight is 330 g/mol. The van der Waals surface area contributed by atoms with Crippen LogP contribution in [0.3, 0.4) is 0 Å². The number of nitrogens with zero attached hydrogens (tertiary/aromatic N) is 2. The van der Waals surface area contributed by atoms with Crippen LogP contribution in [0.2, 0.25) is 0 Å². The maximum Gasteiger partial charge on any atom is 0.243 e.